The third-order valence-corrected chi connectivity index (χ3v) is 4.77. The maximum atomic E-state index is 13.7. The molecule has 0 saturated heterocycles. The quantitative estimate of drug-likeness (QED) is 0.481. The Kier molecular flexibility index (Phi) is 4.14. The normalized spacial score (nSPS) is 13.0. The first kappa shape index (κ1) is 16.0. The van der Waals surface area contributed by atoms with Crippen LogP contribution < -0.4 is 0 Å². The Morgan fingerprint density at radius 2 is 1.36 bits per heavy atom. The third kappa shape index (κ3) is 3.22. The summed E-state index contributed by atoms with van der Waals surface area (Å²) in [4.78, 5) is 0. The number of hydrogen-bond donors (Lipinski definition) is 0. The van der Waals surface area contributed by atoms with E-state index in [1.54, 1.807) is 24.3 Å². The zero-order valence-corrected chi connectivity index (χ0v) is 14.2. The first-order valence-corrected chi connectivity index (χ1v) is 8.53. The molecule has 0 bridgehead atoms. The highest BCUT2D eigenvalue weighted by molar-refractivity contribution is 6.30. The molecule has 1 aliphatic carbocycles. The molecule has 0 atom stereocenters. The lowest BCUT2D eigenvalue weighted by atomic mass is 9.92. The van der Waals surface area contributed by atoms with E-state index in [2.05, 4.69) is 0 Å². The largest absolute Gasteiger partial charge is 0.207 e. The molecular weight excluding hydrogens is 338 g/mol. The Hall–Kier alpha value is -2.45. The summed E-state index contributed by atoms with van der Waals surface area (Å²) in [5.74, 6) is -0.504. The van der Waals surface area contributed by atoms with Crippen LogP contribution in [-0.2, 0) is 12.8 Å². The van der Waals surface area contributed by atoms with Gasteiger partial charge in [-0.2, -0.15) is 0 Å². The van der Waals surface area contributed by atoms with Gasteiger partial charge < -0.3 is 0 Å². The van der Waals surface area contributed by atoms with E-state index < -0.39 is 0 Å². The maximum absolute atomic E-state index is 13.7. The van der Waals surface area contributed by atoms with Gasteiger partial charge in [0.2, 0.25) is 0 Å². The van der Waals surface area contributed by atoms with Crippen LogP contribution in [-0.4, -0.2) is 0 Å². The van der Waals surface area contributed by atoms with E-state index in [9.17, 15) is 8.78 Å². The van der Waals surface area contributed by atoms with Crippen molar-refractivity contribution < 1.29 is 8.78 Å². The highest BCUT2D eigenvalue weighted by Crippen LogP contribution is 2.35. The molecule has 0 spiro atoms. The summed E-state index contributed by atoms with van der Waals surface area (Å²) in [6.07, 6.45) is 3.39. The molecule has 0 N–H and O–H groups in total. The Morgan fingerprint density at radius 3 is 1.92 bits per heavy atom. The van der Waals surface area contributed by atoms with E-state index in [0.29, 0.717) is 17.9 Å². The first-order valence-electron chi connectivity index (χ1n) is 8.15. The Morgan fingerprint density at radius 1 is 0.760 bits per heavy atom. The number of fused-ring (bicyclic) bond motifs is 2. The number of benzene rings is 3. The lowest BCUT2D eigenvalue weighted by Crippen LogP contribution is -1.94. The summed E-state index contributed by atoms with van der Waals surface area (Å²) < 4.78 is 27.5. The molecule has 0 fully saturated rings. The predicted octanol–water partition coefficient (Wildman–Crippen LogP) is 6.31. The fraction of sp³-hybridized carbons (Fsp3) is 0.0909. The minimum Gasteiger partial charge on any atom is -0.207 e. The fourth-order valence-corrected chi connectivity index (χ4v) is 3.60. The fourth-order valence-electron chi connectivity index (χ4n) is 3.40. The van der Waals surface area contributed by atoms with Gasteiger partial charge in [-0.1, -0.05) is 35.9 Å². The standard InChI is InChI=1S/C22H15ClF2/c23-17-3-1-2-14(10-17)11-22-20-8-6-18(24)12-15(20)4-5-16-13-19(25)7-9-21(16)22/h1-3,6-13H,4-5H2. The average molecular weight is 353 g/mol. The lowest BCUT2D eigenvalue weighted by molar-refractivity contribution is 0.623. The SMILES string of the molecule is Fc1ccc2c(c1)CCc1cc(F)ccc1C2=Cc1cccc(Cl)c1. The summed E-state index contributed by atoms with van der Waals surface area (Å²) >= 11 is 6.11. The number of rotatable bonds is 1. The molecule has 0 aromatic heterocycles. The number of hydrogen-bond acceptors (Lipinski definition) is 0. The van der Waals surface area contributed by atoms with E-state index in [4.69, 9.17) is 11.6 Å². The van der Waals surface area contributed by atoms with Crippen molar-refractivity contribution in [2.45, 2.75) is 12.8 Å². The second kappa shape index (κ2) is 6.45. The van der Waals surface area contributed by atoms with Crippen molar-refractivity contribution in [2.75, 3.05) is 0 Å². The highest BCUT2D eigenvalue weighted by Gasteiger charge is 2.19. The first-order chi connectivity index (χ1) is 12.1. The molecule has 0 aliphatic heterocycles. The molecule has 3 aromatic carbocycles. The molecule has 0 heterocycles. The molecule has 0 nitrogen and oxygen atoms in total. The monoisotopic (exact) mass is 352 g/mol. The maximum Gasteiger partial charge on any atom is 0.123 e. The molecule has 3 aromatic rings. The van der Waals surface area contributed by atoms with E-state index in [0.717, 1.165) is 33.4 Å². The molecular formula is C22H15ClF2. The Bertz CT molecular complexity index is 934. The van der Waals surface area contributed by atoms with Gasteiger partial charge in [-0.3, -0.25) is 0 Å². The van der Waals surface area contributed by atoms with Gasteiger partial charge in [-0.05, 0) is 88.7 Å². The zero-order chi connectivity index (χ0) is 17.4. The van der Waals surface area contributed by atoms with Crippen molar-refractivity contribution in [3.05, 3.63) is 105 Å². The second-order valence-electron chi connectivity index (χ2n) is 6.22. The van der Waals surface area contributed by atoms with E-state index in [1.165, 1.54) is 12.1 Å². The van der Waals surface area contributed by atoms with Crippen LogP contribution in [0, 0.1) is 11.6 Å². The minimum atomic E-state index is -0.252. The molecule has 4 rings (SSSR count). The zero-order valence-electron chi connectivity index (χ0n) is 13.4. The lowest BCUT2D eigenvalue weighted by Gasteiger charge is -2.12. The van der Waals surface area contributed by atoms with Gasteiger partial charge in [0.05, 0.1) is 0 Å². The molecule has 0 saturated carbocycles. The van der Waals surface area contributed by atoms with Gasteiger partial charge in [0, 0.05) is 5.02 Å². The molecule has 25 heavy (non-hydrogen) atoms. The van der Waals surface area contributed by atoms with Crippen LogP contribution >= 0.6 is 11.6 Å². The average Bonchev–Trinajstić information content (AvgIpc) is 2.72. The summed E-state index contributed by atoms with van der Waals surface area (Å²) in [5, 5.41) is 0.654. The second-order valence-corrected chi connectivity index (χ2v) is 6.65. The van der Waals surface area contributed by atoms with Crippen molar-refractivity contribution in [3.63, 3.8) is 0 Å². The van der Waals surface area contributed by atoms with Crippen LogP contribution in [0.25, 0.3) is 11.6 Å². The third-order valence-electron chi connectivity index (χ3n) is 4.54. The minimum absolute atomic E-state index is 0.252. The molecule has 0 amide bonds. The van der Waals surface area contributed by atoms with E-state index >= 15 is 0 Å². The van der Waals surface area contributed by atoms with Crippen molar-refractivity contribution in [3.8, 4) is 0 Å². The van der Waals surface area contributed by atoms with Crippen molar-refractivity contribution in [2.24, 2.45) is 0 Å². The summed E-state index contributed by atoms with van der Waals surface area (Å²) in [5.41, 5.74) is 5.74. The van der Waals surface area contributed by atoms with Crippen LogP contribution in [0.3, 0.4) is 0 Å². The van der Waals surface area contributed by atoms with E-state index in [1.807, 2.05) is 30.3 Å². The van der Waals surface area contributed by atoms with Gasteiger partial charge in [0.15, 0.2) is 0 Å². The summed E-state index contributed by atoms with van der Waals surface area (Å²) in [7, 11) is 0. The van der Waals surface area contributed by atoms with Crippen LogP contribution in [0.5, 0.6) is 0 Å². The smallest absolute Gasteiger partial charge is 0.123 e. The van der Waals surface area contributed by atoms with Gasteiger partial charge >= 0.3 is 0 Å². The number of aryl methyl sites for hydroxylation is 2. The van der Waals surface area contributed by atoms with Crippen molar-refractivity contribution >= 4 is 23.3 Å². The summed E-state index contributed by atoms with van der Waals surface area (Å²) in [6, 6.07) is 17.3. The predicted molar refractivity (Wildman–Crippen MR) is 98.6 cm³/mol. The Balaban J connectivity index is 1.97. The van der Waals surface area contributed by atoms with Crippen LogP contribution in [0.15, 0.2) is 60.7 Å². The van der Waals surface area contributed by atoms with Crippen molar-refractivity contribution in [1.29, 1.82) is 0 Å². The topological polar surface area (TPSA) is 0 Å². The highest BCUT2D eigenvalue weighted by atomic mass is 35.5. The van der Waals surface area contributed by atoms with Gasteiger partial charge in [0.25, 0.3) is 0 Å². The van der Waals surface area contributed by atoms with E-state index in [-0.39, 0.29) is 11.6 Å². The van der Waals surface area contributed by atoms with Gasteiger partial charge in [-0.15, -0.1) is 0 Å². The van der Waals surface area contributed by atoms with Crippen molar-refractivity contribution in [1.82, 2.24) is 0 Å². The number of halogens is 3. The molecule has 0 radical (unpaired) electrons. The Labute approximate surface area is 150 Å². The molecule has 3 heteroatoms. The molecule has 1 aliphatic rings. The molecule has 124 valence electrons. The van der Waals surface area contributed by atoms with Crippen LogP contribution in [0.2, 0.25) is 5.02 Å². The van der Waals surface area contributed by atoms with Crippen LogP contribution in [0.1, 0.15) is 27.8 Å². The van der Waals surface area contributed by atoms with Crippen LogP contribution in [0.4, 0.5) is 8.78 Å². The van der Waals surface area contributed by atoms with Gasteiger partial charge in [0.1, 0.15) is 11.6 Å². The summed E-state index contributed by atoms with van der Waals surface area (Å²) in [6.45, 7) is 0. The van der Waals surface area contributed by atoms with Gasteiger partial charge in [-0.25, -0.2) is 8.78 Å². The molecule has 0 unspecified atom stereocenters.